The van der Waals surface area contributed by atoms with Crippen LogP contribution in [0.15, 0.2) is 12.7 Å². The van der Waals surface area contributed by atoms with Gasteiger partial charge in [-0.05, 0) is 52.2 Å². The summed E-state index contributed by atoms with van der Waals surface area (Å²) in [6.45, 7) is 22.3. The van der Waals surface area contributed by atoms with Crippen molar-refractivity contribution < 1.29 is 14.0 Å². The van der Waals surface area contributed by atoms with Gasteiger partial charge in [-0.3, -0.25) is 0 Å². The molecule has 0 rings (SSSR count). The number of alkyl carbamates (subject to hydrolysis) is 1. The van der Waals surface area contributed by atoms with Crippen LogP contribution >= 0.6 is 0 Å². The lowest BCUT2D eigenvalue weighted by Gasteiger charge is -2.40. The van der Waals surface area contributed by atoms with Gasteiger partial charge >= 0.3 is 6.09 Å². The molecule has 1 N–H and O–H groups in total. The average Bonchev–Trinajstić information content (AvgIpc) is 2.23. The molecule has 130 valence electrons. The number of ether oxygens (including phenoxy) is 1. The van der Waals surface area contributed by atoms with Crippen molar-refractivity contribution in [1.82, 2.24) is 5.32 Å². The van der Waals surface area contributed by atoms with Crippen LogP contribution in [0.25, 0.3) is 0 Å². The molecule has 0 aromatic carbocycles. The maximum atomic E-state index is 11.9. The highest BCUT2D eigenvalue weighted by Gasteiger charge is 2.40. The van der Waals surface area contributed by atoms with E-state index in [2.05, 4.69) is 45.8 Å². The molecule has 1 amide bonds. The Morgan fingerprint density at radius 2 is 1.73 bits per heavy atom. The first kappa shape index (κ1) is 21.2. The Balaban J connectivity index is 4.88. The van der Waals surface area contributed by atoms with Gasteiger partial charge in [0.2, 0.25) is 0 Å². The number of nitrogens with one attached hydrogen (secondary N) is 1. The first-order valence-electron chi connectivity index (χ1n) is 7.98. The minimum absolute atomic E-state index is 0.0917. The van der Waals surface area contributed by atoms with Gasteiger partial charge in [0.25, 0.3) is 0 Å². The van der Waals surface area contributed by atoms with Crippen LogP contribution in [0, 0.1) is 0 Å². The van der Waals surface area contributed by atoms with Gasteiger partial charge in [-0.15, -0.1) is 6.58 Å². The van der Waals surface area contributed by atoms with Crippen LogP contribution in [-0.2, 0) is 9.16 Å². The number of rotatable bonds is 6. The summed E-state index contributed by atoms with van der Waals surface area (Å²) in [6.07, 6.45) is 2.04. The molecule has 0 aliphatic heterocycles. The molecule has 0 unspecified atom stereocenters. The van der Waals surface area contributed by atoms with Gasteiger partial charge in [0.15, 0.2) is 8.32 Å². The zero-order valence-electron chi connectivity index (χ0n) is 15.9. The minimum atomic E-state index is -1.91. The van der Waals surface area contributed by atoms with Gasteiger partial charge in [-0.2, -0.15) is 0 Å². The van der Waals surface area contributed by atoms with Crippen LogP contribution in [-0.4, -0.2) is 32.2 Å². The van der Waals surface area contributed by atoms with Crippen molar-refractivity contribution in [2.24, 2.45) is 0 Å². The molecule has 4 nitrogen and oxygen atoms in total. The Kier molecular flexibility index (Phi) is 7.36. The predicted octanol–water partition coefficient (Wildman–Crippen LogP) is 4.87. The van der Waals surface area contributed by atoms with Crippen LogP contribution in [0.1, 0.15) is 54.9 Å². The largest absolute Gasteiger partial charge is 0.444 e. The quantitative estimate of drug-likeness (QED) is 0.559. The predicted molar refractivity (Wildman–Crippen MR) is 95.7 cm³/mol. The van der Waals surface area contributed by atoms with Crippen molar-refractivity contribution in [1.29, 1.82) is 0 Å². The zero-order chi connectivity index (χ0) is 17.8. The molecular weight excluding hydrogens is 294 g/mol. The number of hydrogen-bond donors (Lipinski definition) is 1. The van der Waals surface area contributed by atoms with E-state index in [0.29, 0.717) is 6.42 Å². The second-order valence-electron chi connectivity index (χ2n) is 8.38. The van der Waals surface area contributed by atoms with Gasteiger partial charge in [0.05, 0.1) is 12.1 Å². The van der Waals surface area contributed by atoms with Crippen molar-refractivity contribution in [2.75, 3.05) is 0 Å². The smallest absolute Gasteiger partial charge is 0.407 e. The first-order valence-corrected chi connectivity index (χ1v) is 10.9. The number of carbonyl (C=O) groups is 1. The van der Waals surface area contributed by atoms with Gasteiger partial charge in [-0.1, -0.05) is 26.8 Å². The highest BCUT2D eigenvalue weighted by atomic mass is 28.4. The number of hydrogen-bond acceptors (Lipinski definition) is 3. The summed E-state index contributed by atoms with van der Waals surface area (Å²) in [5, 5.41) is 3.01. The third-order valence-corrected chi connectivity index (χ3v) is 8.46. The van der Waals surface area contributed by atoms with Crippen molar-refractivity contribution in [2.45, 2.75) is 90.8 Å². The van der Waals surface area contributed by atoms with Crippen molar-refractivity contribution >= 4 is 14.4 Å². The molecule has 0 aliphatic carbocycles. The third kappa shape index (κ3) is 7.45. The Bertz CT molecular complexity index is 380. The summed E-state index contributed by atoms with van der Waals surface area (Å²) >= 11 is 0. The molecule has 0 radical (unpaired) electrons. The molecule has 5 heteroatoms. The average molecular weight is 330 g/mol. The van der Waals surface area contributed by atoms with E-state index in [-0.39, 0.29) is 17.2 Å². The van der Waals surface area contributed by atoms with E-state index in [1.165, 1.54) is 0 Å². The van der Waals surface area contributed by atoms with Crippen LogP contribution in [0.2, 0.25) is 18.1 Å². The lowest BCUT2D eigenvalue weighted by Crippen LogP contribution is -2.51. The van der Waals surface area contributed by atoms with Crippen LogP contribution in [0.5, 0.6) is 0 Å². The molecule has 0 saturated carbocycles. The van der Waals surface area contributed by atoms with E-state index < -0.39 is 20.0 Å². The second-order valence-corrected chi connectivity index (χ2v) is 13.1. The lowest BCUT2D eigenvalue weighted by molar-refractivity contribution is 0.0448. The second kappa shape index (κ2) is 7.64. The molecule has 0 heterocycles. The number of carbonyl (C=O) groups excluding carboxylic acids is 1. The summed E-state index contributed by atoms with van der Waals surface area (Å²) < 4.78 is 11.7. The fourth-order valence-electron chi connectivity index (χ4n) is 1.66. The highest BCUT2D eigenvalue weighted by molar-refractivity contribution is 6.74. The Hall–Kier alpha value is -0.813. The SMILES string of the molecule is C=CC[C@@H](O[Si](C)(C)C(C)(C)C)[C@H](C)NC(=O)OC(C)(C)C. The fraction of sp³-hybridized carbons (Fsp3) is 0.824. The molecule has 0 spiro atoms. The summed E-state index contributed by atoms with van der Waals surface area (Å²) in [5.41, 5.74) is -0.502. The first-order chi connectivity index (χ1) is 9.69. The summed E-state index contributed by atoms with van der Waals surface area (Å²) in [7, 11) is -1.91. The molecule has 2 atom stereocenters. The summed E-state index contributed by atoms with van der Waals surface area (Å²) in [6, 6.07) is -0.137. The van der Waals surface area contributed by atoms with Gasteiger partial charge in [-0.25, -0.2) is 4.79 Å². The zero-order valence-corrected chi connectivity index (χ0v) is 16.9. The van der Waals surface area contributed by atoms with Crippen molar-refractivity contribution in [3.05, 3.63) is 12.7 Å². The van der Waals surface area contributed by atoms with Gasteiger partial charge in [0.1, 0.15) is 5.60 Å². The van der Waals surface area contributed by atoms with E-state index in [1.807, 2.05) is 33.8 Å². The molecule has 0 saturated heterocycles. The van der Waals surface area contributed by atoms with Crippen molar-refractivity contribution in [3.63, 3.8) is 0 Å². The third-order valence-electron chi connectivity index (χ3n) is 3.95. The lowest BCUT2D eigenvalue weighted by atomic mass is 10.1. The number of amides is 1. The van der Waals surface area contributed by atoms with E-state index in [9.17, 15) is 4.79 Å². The summed E-state index contributed by atoms with van der Waals surface area (Å²) in [5.74, 6) is 0. The summed E-state index contributed by atoms with van der Waals surface area (Å²) in [4.78, 5) is 11.9. The Labute approximate surface area is 137 Å². The molecule has 0 fully saturated rings. The highest BCUT2D eigenvalue weighted by Crippen LogP contribution is 2.38. The van der Waals surface area contributed by atoms with E-state index in [4.69, 9.17) is 9.16 Å². The van der Waals surface area contributed by atoms with Gasteiger partial charge in [0, 0.05) is 0 Å². The molecule has 0 aromatic heterocycles. The molecule has 0 aromatic rings. The van der Waals surface area contributed by atoms with Crippen molar-refractivity contribution in [3.8, 4) is 0 Å². The van der Waals surface area contributed by atoms with E-state index in [0.717, 1.165) is 0 Å². The topological polar surface area (TPSA) is 47.6 Å². The van der Waals surface area contributed by atoms with Crippen LogP contribution in [0.4, 0.5) is 4.79 Å². The Morgan fingerprint density at radius 3 is 2.09 bits per heavy atom. The van der Waals surface area contributed by atoms with Gasteiger partial charge < -0.3 is 14.5 Å². The maximum Gasteiger partial charge on any atom is 0.407 e. The normalized spacial score (nSPS) is 15.9. The molecule has 0 aliphatic rings. The molecule has 0 bridgehead atoms. The van der Waals surface area contributed by atoms with E-state index in [1.54, 1.807) is 0 Å². The van der Waals surface area contributed by atoms with Crippen LogP contribution in [0.3, 0.4) is 0 Å². The fourth-order valence-corrected chi connectivity index (χ4v) is 3.07. The van der Waals surface area contributed by atoms with E-state index >= 15 is 0 Å². The minimum Gasteiger partial charge on any atom is -0.444 e. The van der Waals surface area contributed by atoms with Crippen LogP contribution < -0.4 is 5.32 Å². The maximum absolute atomic E-state index is 11.9. The molecule has 22 heavy (non-hydrogen) atoms. The monoisotopic (exact) mass is 329 g/mol. The molecular formula is C17H35NO3Si. The standard InChI is InChI=1S/C17H35NO3Si/c1-11-12-14(21-22(9,10)17(6,7)8)13(2)18-15(19)20-16(3,4)5/h11,13-14H,1,12H2,2-10H3,(H,18,19)/t13-,14+/m0/s1. The Morgan fingerprint density at radius 1 is 1.23 bits per heavy atom.